The van der Waals surface area contributed by atoms with Crippen molar-refractivity contribution in [2.45, 2.75) is 38.9 Å². The van der Waals surface area contributed by atoms with E-state index in [2.05, 4.69) is 0 Å². The molecule has 0 aliphatic carbocycles. The molecule has 0 heterocycles. The van der Waals surface area contributed by atoms with E-state index in [1.165, 1.54) is 0 Å². The second-order valence-electron chi connectivity index (χ2n) is 2.00. The van der Waals surface area contributed by atoms with Crippen molar-refractivity contribution in [3.05, 3.63) is 0 Å². The van der Waals surface area contributed by atoms with Gasteiger partial charge in [0.05, 0.1) is 0 Å². The molecule has 0 aromatic heterocycles. The lowest BCUT2D eigenvalue weighted by Crippen LogP contribution is -2.29. The van der Waals surface area contributed by atoms with Crippen LogP contribution in [0.5, 0.6) is 0 Å². The van der Waals surface area contributed by atoms with Gasteiger partial charge in [-0.2, -0.15) is 0 Å². The zero-order valence-electron chi connectivity index (χ0n) is 5.52. The monoisotopic (exact) mass is 119 g/mol. The molecule has 0 aliphatic rings. The number of nitrogens with two attached hydrogens (primary N) is 1. The van der Waals surface area contributed by atoms with Gasteiger partial charge in [0.15, 0.2) is 0 Å². The number of hydrogen-bond acceptors (Lipinski definition) is 1. The molecule has 0 radical (unpaired) electrons. The molecule has 0 rings (SSSR count). The maximum atomic E-state index is 12.4. The summed E-state index contributed by atoms with van der Waals surface area (Å²) < 4.78 is 12.4. The Labute approximate surface area is 50.1 Å². The van der Waals surface area contributed by atoms with E-state index in [1.54, 1.807) is 6.92 Å². The molecule has 2 N–H and O–H groups in total. The summed E-state index contributed by atoms with van der Waals surface area (Å²) in [7, 11) is 0. The predicted octanol–water partition coefficient (Wildman–Crippen LogP) is 1.47. The molecular formula is C6H14FN. The summed E-state index contributed by atoms with van der Waals surface area (Å²) >= 11 is 0. The molecule has 8 heavy (non-hydrogen) atoms. The maximum absolute atomic E-state index is 12.4. The lowest BCUT2D eigenvalue weighted by Gasteiger charge is -2.11. The molecule has 0 aliphatic heterocycles. The molecule has 2 unspecified atom stereocenters. The average molecular weight is 119 g/mol. The maximum Gasteiger partial charge on any atom is 0.115 e. The molecule has 0 aromatic carbocycles. The average Bonchev–Trinajstić information content (AvgIpc) is 1.84. The van der Waals surface area contributed by atoms with Gasteiger partial charge in [-0.3, -0.25) is 0 Å². The third-order valence-electron chi connectivity index (χ3n) is 1.33. The number of halogens is 1. The predicted molar refractivity (Wildman–Crippen MR) is 33.5 cm³/mol. The van der Waals surface area contributed by atoms with Gasteiger partial charge >= 0.3 is 0 Å². The molecular weight excluding hydrogens is 105 g/mol. The fourth-order valence-corrected chi connectivity index (χ4v) is 0.559. The molecule has 1 nitrogen and oxygen atoms in total. The van der Waals surface area contributed by atoms with Gasteiger partial charge in [-0.1, -0.05) is 13.8 Å². The first-order valence-corrected chi connectivity index (χ1v) is 3.12. The van der Waals surface area contributed by atoms with Gasteiger partial charge in [-0.25, -0.2) is 4.39 Å². The van der Waals surface area contributed by atoms with Gasteiger partial charge < -0.3 is 5.73 Å². The van der Waals surface area contributed by atoms with E-state index < -0.39 is 6.17 Å². The summed E-state index contributed by atoms with van der Waals surface area (Å²) in [6.45, 7) is 3.70. The Kier molecular flexibility index (Phi) is 3.79. The van der Waals surface area contributed by atoms with Gasteiger partial charge in [0.1, 0.15) is 6.17 Å². The molecule has 0 saturated carbocycles. The van der Waals surface area contributed by atoms with Crippen LogP contribution in [0.25, 0.3) is 0 Å². The first-order chi connectivity index (χ1) is 3.72. The van der Waals surface area contributed by atoms with E-state index in [0.29, 0.717) is 6.42 Å². The second kappa shape index (κ2) is 3.84. The lowest BCUT2D eigenvalue weighted by molar-refractivity contribution is 0.269. The van der Waals surface area contributed by atoms with Gasteiger partial charge in [-0.05, 0) is 12.8 Å². The van der Waals surface area contributed by atoms with Crippen LogP contribution in [0.1, 0.15) is 26.7 Å². The Balaban J connectivity index is 3.29. The van der Waals surface area contributed by atoms with Crippen molar-refractivity contribution in [1.82, 2.24) is 0 Å². The van der Waals surface area contributed by atoms with Gasteiger partial charge in [0.25, 0.3) is 0 Å². The summed E-state index contributed by atoms with van der Waals surface area (Å²) in [4.78, 5) is 0. The van der Waals surface area contributed by atoms with Crippen LogP contribution >= 0.6 is 0 Å². The number of alkyl halides is 1. The van der Waals surface area contributed by atoms with Crippen LogP contribution in [0, 0.1) is 0 Å². The standard InChI is InChI=1S/C6H14FN/c1-3-5(7)6(8)4-2/h5-6H,3-4,8H2,1-2H3. The Hall–Kier alpha value is -0.110. The van der Waals surface area contributed by atoms with Crippen molar-refractivity contribution in [3.8, 4) is 0 Å². The quantitative estimate of drug-likeness (QED) is 0.598. The lowest BCUT2D eigenvalue weighted by atomic mass is 10.1. The van der Waals surface area contributed by atoms with Crippen molar-refractivity contribution >= 4 is 0 Å². The highest BCUT2D eigenvalue weighted by Gasteiger charge is 2.10. The first kappa shape index (κ1) is 7.89. The fraction of sp³-hybridized carbons (Fsp3) is 1.00. The normalized spacial score (nSPS) is 18.0. The highest BCUT2D eigenvalue weighted by atomic mass is 19.1. The van der Waals surface area contributed by atoms with E-state index in [0.717, 1.165) is 6.42 Å². The van der Waals surface area contributed by atoms with Gasteiger partial charge in [0.2, 0.25) is 0 Å². The molecule has 2 atom stereocenters. The van der Waals surface area contributed by atoms with E-state index in [9.17, 15) is 4.39 Å². The Bertz CT molecular complexity index is 48.5. The highest BCUT2D eigenvalue weighted by Crippen LogP contribution is 2.03. The van der Waals surface area contributed by atoms with Crippen molar-refractivity contribution < 1.29 is 4.39 Å². The van der Waals surface area contributed by atoms with Gasteiger partial charge in [-0.15, -0.1) is 0 Å². The van der Waals surface area contributed by atoms with E-state index in [4.69, 9.17) is 5.73 Å². The van der Waals surface area contributed by atoms with Crippen LogP contribution in [0.15, 0.2) is 0 Å². The van der Waals surface area contributed by atoms with Crippen LogP contribution in [-0.2, 0) is 0 Å². The minimum absolute atomic E-state index is 0.250. The van der Waals surface area contributed by atoms with Crippen molar-refractivity contribution in [2.24, 2.45) is 5.73 Å². The van der Waals surface area contributed by atoms with Crippen molar-refractivity contribution in [2.75, 3.05) is 0 Å². The minimum atomic E-state index is -0.806. The molecule has 0 fully saturated rings. The van der Waals surface area contributed by atoms with Crippen LogP contribution in [-0.4, -0.2) is 12.2 Å². The van der Waals surface area contributed by atoms with Crippen molar-refractivity contribution in [1.29, 1.82) is 0 Å². The summed E-state index contributed by atoms with van der Waals surface area (Å²) in [5, 5.41) is 0. The fourth-order valence-electron chi connectivity index (χ4n) is 0.559. The van der Waals surface area contributed by atoms with Crippen molar-refractivity contribution in [3.63, 3.8) is 0 Å². The van der Waals surface area contributed by atoms with Crippen LogP contribution in [0.4, 0.5) is 4.39 Å². The van der Waals surface area contributed by atoms with Crippen LogP contribution in [0.2, 0.25) is 0 Å². The number of rotatable bonds is 3. The largest absolute Gasteiger partial charge is 0.325 e. The first-order valence-electron chi connectivity index (χ1n) is 3.12. The topological polar surface area (TPSA) is 26.0 Å². The van der Waals surface area contributed by atoms with Crippen LogP contribution in [0.3, 0.4) is 0 Å². The summed E-state index contributed by atoms with van der Waals surface area (Å²) in [5.41, 5.74) is 5.35. The Morgan fingerprint density at radius 1 is 1.38 bits per heavy atom. The van der Waals surface area contributed by atoms with Gasteiger partial charge in [0, 0.05) is 6.04 Å². The molecule has 2 heteroatoms. The van der Waals surface area contributed by atoms with E-state index >= 15 is 0 Å². The minimum Gasteiger partial charge on any atom is -0.325 e. The SMILES string of the molecule is CCC(N)C(F)CC. The third-order valence-corrected chi connectivity index (χ3v) is 1.33. The number of hydrogen-bond donors (Lipinski definition) is 1. The smallest absolute Gasteiger partial charge is 0.115 e. The highest BCUT2D eigenvalue weighted by molar-refractivity contribution is 4.67. The third kappa shape index (κ3) is 2.26. The summed E-state index contributed by atoms with van der Waals surface area (Å²) in [5.74, 6) is 0. The van der Waals surface area contributed by atoms with E-state index in [-0.39, 0.29) is 6.04 Å². The summed E-state index contributed by atoms with van der Waals surface area (Å²) in [6.07, 6.45) is 0.462. The van der Waals surface area contributed by atoms with Crippen LogP contribution < -0.4 is 5.73 Å². The molecule has 0 bridgehead atoms. The molecule has 0 amide bonds. The molecule has 0 spiro atoms. The molecule has 0 saturated heterocycles. The summed E-state index contributed by atoms with van der Waals surface area (Å²) in [6, 6.07) is -0.250. The Morgan fingerprint density at radius 3 is 2.00 bits per heavy atom. The molecule has 0 aromatic rings. The zero-order chi connectivity index (χ0) is 6.57. The van der Waals surface area contributed by atoms with E-state index in [1.807, 2.05) is 6.92 Å². The molecule has 50 valence electrons. The zero-order valence-corrected chi connectivity index (χ0v) is 5.52. The second-order valence-corrected chi connectivity index (χ2v) is 2.00. The Morgan fingerprint density at radius 2 is 1.88 bits per heavy atom.